The molecule has 106 valence electrons. The lowest BCUT2D eigenvalue weighted by atomic mass is 10.1. The third-order valence-corrected chi connectivity index (χ3v) is 4.27. The van der Waals surface area contributed by atoms with E-state index in [0.717, 1.165) is 16.9 Å². The Bertz CT molecular complexity index is 559. The number of aliphatic hydroxyl groups is 2. The highest BCUT2D eigenvalue weighted by atomic mass is 32.2. The summed E-state index contributed by atoms with van der Waals surface area (Å²) in [6, 6.07) is 5.41. The SMILES string of the molecule is CS(=O)(=O)N1CCc2cc(NCC(O)CO)ccc21. The van der Waals surface area contributed by atoms with Crippen molar-refractivity contribution in [2.75, 3.05) is 35.6 Å². The van der Waals surface area contributed by atoms with Gasteiger partial charge in [0.2, 0.25) is 10.0 Å². The van der Waals surface area contributed by atoms with Crippen LogP contribution in [0.1, 0.15) is 5.56 Å². The van der Waals surface area contributed by atoms with Gasteiger partial charge in [-0.25, -0.2) is 8.42 Å². The van der Waals surface area contributed by atoms with Crippen LogP contribution in [0.25, 0.3) is 0 Å². The highest BCUT2D eigenvalue weighted by Crippen LogP contribution is 2.31. The number of rotatable bonds is 5. The van der Waals surface area contributed by atoms with Crippen molar-refractivity contribution < 1.29 is 18.6 Å². The number of hydrogen-bond acceptors (Lipinski definition) is 5. The minimum atomic E-state index is -3.22. The van der Waals surface area contributed by atoms with Crippen LogP contribution in [0.15, 0.2) is 18.2 Å². The fraction of sp³-hybridized carbons (Fsp3) is 0.500. The van der Waals surface area contributed by atoms with Crippen molar-refractivity contribution in [2.45, 2.75) is 12.5 Å². The summed E-state index contributed by atoms with van der Waals surface area (Å²) in [5, 5.41) is 21.0. The summed E-state index contributed by atoms with van der Waals surface area (Å²) < 4.78 is 24.6. The molecule has 0 amide bonds. The molecule has 0 radical (unpaired) electrons. The van der Waals surface area contributed by atoms with Crippen LogP contribution in [-0.4, -0.2) is 50.7 Å². The lowest BCUT2D eigenvalue weighted by Gasteiger charge is -2.17. The largest absolute Gasteiger partial charge is 0.394 e. The summed E-state index contributed by atoms with van der Waals surface area (Å²) in [5.41, 5.74) is 2.49. The zero-order valence-electron chi connectivity index (χ0n) is 10.7. The van der Waals surface area contributed by atoms with E-state index in [0.29, 0.717) is 13.0 Å². The van der Waals surface area contributed by atoms with Crippen molar-refractivity contribution in [3.05, 3.63) is 23.8 Å². The maximum Gasteiger partial charge on any atom is 0.232 e. The van der Waals surface area contributed by atoms with Crippen LogP contribution in [0.4, 0.5) is 11.4 Å². The van der Waals surface area contributed by atoms with Gasteiger partial charge in [-0.3, -0.25) is 4.31 Å². The lowest BCUT2D eigenvalue weighted by molar-refractivity contribution is 0.105. The molecular weight excluding hydrogens is 268 g/mol. The van der Waals surface area contributed by atoms with Gasteiger partial charge >= 0.3 is 0 Å². The number of sulfonamides is 1. The molecule has 6 nitrogen and oxygen atoms in total. The number of nitrogens with zero attached hydrogens (tertiary/aromatic N) is 1. The quantitative estimate of drug-likeness (QED) is 0.696. The van der Waals surface area contributed by atoms with Crippen molar-refractivity contribution >= 4 is 21.4 Å². The highest BCUT2D eigenvalue weighted by molar-refractivity contribution is 7.92. The van der Waals surface area contributed by atoms with Gasteiger partial charge < -0.3 is 15.5 Å². The molecule has 1 heterocycles. The number of anilines is 2. The Labute approximate surface area is 112 Å². The van der Waals surface area contributed by atoms with Gasteiger partial charge in [0.25, 0.3) is 0 Å². The Morgan fingerprint density at radius 1 is 1.47 bits per heavy atom. The molecular formula is C12H18N2O4S. The van der Waals surface area contributed by atoms with Crippen molar-refractivity contribution in [1.82, 2.24) is 0 Å². The second-order valence-corrected chi connectivity index (χ2v) is 6.55. The third-order valence-electron chi connectivity index (χ3n) is 3.09. The van der Waals surface area contributed by atoms with Crippen LogP contribution in [0.5, 0.6) is 0 Å². The number of benzene rings is 1. The molecule has 0 saturated carbocycles. The molecule has 7 heteroatoms. The van der Waals surface area contributed by atoms with Gasteiger partial charge in [0, 0.05) is 18.8 Å². The molecule has 1 unspecified atom stereocenters. The summed E-state index contributed by atoms with van der Waals surface area (Å²) in [7, 11) is -3.22. The van der Waals surface area contributed by atoms with E-state index in [9.17, 15) is 13.5 Å². The van der Waals surface area contributed by atoms with Gasteiger partial charge in [-0.1, -0.05) is 0 Å². The summed E-state index contributed by atoms with van der Waals surface area (Å²) in [5.74, 6) is 0. The Morgan fingerprint density at radius 3 is 2.84 bits per heavy atom. The monoisotopic (exact) mass is 286 g/mol. The summed E-state index contributed by atoms with van der Waals surface area (Å²) in [6.07, 6.45) is 1.08. The lowest BCUT2D eigenvalue weighted by Crippen LogP contribution is -2.27. The Kier molecular flexibility index (Phi) is 3.98. The van der Waals surface area contributed by atoms with Gasteiger partial charge in [0.15, 0.2) is 0 Å². The molecule has 19 heavy (non-hydrogen) atoms. The maximum absolute atomic E-state index is 11.6. The van der Waals surface area contributed by atoms with Gasteiger partial charge in [0.05, 0.1) is 24.7 Å². The summed E-state index contributed by atoms with van der Waals surface area (Å²) in [4.78, 5) is 0. The Morgan fingerprint density at radius 2 is 2.21 bits per heavy atom. The molecule has 0 spiro atoms. The van der Waals surface area contributed by atoms with Crippen LogP contribution in [-0.2, 0) is 16.4 Å². The maximum atomic E-state index is 11.6. The first-order chi connectivity index (χ1) is 8.91. The van der Waals surface area contributed by atoms with Gasteiger partial charge in [-0.2, -0.15) is 0 Å². The molecule has 1 aliphatic rings. The van der Waals surface area contributed by atoms with E-state index in [1.807, 2.05) is 6.07 Å². The summed E-state index contributed by atoms with van der Waals surface area (Å²) in [6.45, 7) is 0.432. The molecule has 1 aromatic rings. The van der Waals surface area contributed by atoms with E-state index in [1.165, 1.54) is 10.6 Å². The molecule has 0 aromatic heterocycles. The molecule has 0 bridgehead atoms. The number of nitrogens with one attached hydrogen (secondary N) is 1. The zero-order chi connectivity index (χ0) is 14.0. The number of hydrogen-bond donors (Lipinski definition) is 3. The molecule has 1 aromatic carbocycles. The fourth-order valence-corrected chi connectivity index (χ4v) is 3.08. The predicted octanol–water partition coefficient (Wildman–Crippen LogP) is -0.226. The normalized spacial score (nSPS) is 16.3. The van der Waals surface area contributed by atoms with Crippen LogP contribution in [0.3, 0.4) is 0 Å². The van der Waals surface area contributed by atoms with Crippen molar-refractivity contribution in [3.8, 4) is 0 Å². The van der Waals surface area contributed by atoms with Crippen molar-refractivity contribution in [1.29, 1.82) is 0 Å². The van der Waals surface area contributed by atoms with Gasteiger partial charge in [-0.15, -0.1) is 0 Å². The van der Waals surface area contributed by atoms with Crippen LogP contribution in [0.2, 0.25) is 0 Å². The molecule has 0 fully saturated rings. The Hall–Kier alpha value is -1.31. The van der Waals surface area contributed by atoms with Crippen molar-refractivity contribution in [2.24, 2.45) is 0 Å². The van der Waals surface area contributed by atoms with E-state index in [4.69, 9.17) is 5.11 Å². The third kappa shape index (κ3) is 3.17. The Balaban J connectivity index is 2.14. The van der Waals surface area contributed by atoms with E-state index in [2.05, 4.69) is 5.32 Å². The molecule has 1 aliphatic heterocycles. The van der Waals surface area contributed by atoms with Gasteiger partial charge in [-0.05, 0) is 30.2 Å². The predicted molar refractivity (Wildman–Crippen MR) is 73.9 cm³/mol. The molecule has 3 N–H and O–H groups in total. The van der Waals surface area contributed by atoms with E-state index >= 15 is 0 Å². The molecule has 1 atom stereocenters. The first kappa shape index (κ1) is 14.1. The number of aliphatic hydroxyl groups excluding tert-OH is 2. The minimum Gasteiger partial charge on any atom is -0.394 e. The summed E-state index contributed by atoms with van der Waals surface area (Å²) >= 11 is 0. The van der Waals surface area contributed by atoms with Crippen LogP contribution in [0, 0.1) is 0 Å². The van der Waals surface area contributed by atoms with Gasteiger partial charge in [0.1, 0.15) is 0 Å². The zero-order valence-corrected chi connectivity index (χ0v) is 11.5. The first-order valence-electron chi connectivity index (χ1n) is 6.05. The van der Waals surface area contributed by atoms with Crippen LogP contribution < -0.4 is 9.62 Å². The standard InChI is InChI=1S/C12H18N2O4S/c1-19(17,18)14-5-4-9-6-10(2-3-12(9)14)13-7-11(16)8-15/h2-3,6,11,13,15-16H,4-5,7-8H2,1H3. The van der Waals surface area contributed by atoms with E-state index in [-0.39, 0.29) is 13.2 Å². The highest BCUT2D eigenvalue weighted by Gasteiger charge is 2.25. The molecule has 0 saturated heterocycles. The van der Waals surface area contributed by atoms with E-state index in [1.54, 1.807) is 12.1 Å². The number of fused-ring (bicyclic) bond motifs is 1. The minimum absolute atomic E-state index is 0.255. The topological polar surface area (TPSA) is 89.9 Å². The fourth-order valence-electron chi connectivity index (χ4n) is 2.13. The first-order valence-corrected chi connectivity index (χ1v) is 7.90. The van der Waals surface area contributed by atoms with Crippen LogP contribution >= 0.6 is 0 Å². The van der Waals surface area contributed by atoms with Crippen molar-refractivity contribution in [3.63, 3.8) is 0 Å². The average Bonchev–Trinajstić information content (AvgIpc) is 2.78. The van der Waals surface area contributed by atoms with E-state index < -0.39 is 16.1 Å². The molecule has 0 aliphatic carbocycles. The average molecular weight is 286 g/mol. The second-order valence-electron chi connectivity index (χ2n) is 4.65. The second kappa shape index (κ2) is 5.36. The molecule has 2 rings (SSSR count). The smallest absolute Gasteiger partial charge is 0.232 e.